The van der Waals surface area contributed by atoms with E-state index in [-0.39, 0.29) is 24.0 Å². The molecular weight excluding hydrogens is 344 g/mol. The molecule has 1 fully saturated rings. The van der Waals surface area contributed by atoms with Gasteiger partial charge in [-0.15, -0.1) is 0 Å². The van der Waals surface area contributed by atoms with Gasteiger partial charge < -0.3 is 21.1 Å². The topological polar surface area (TPSA) is 106 Å². The number of rotatable bonds is 6. The van der Waals surface area contributed by atoms with Crippen molar-refractivity contribution in [2.24, 2.45) is 5.73 Å². The van der Waals surface area contributed by atoms with Gasteiger partial charge in [0.1, 0.15) is 6.10 Å². The first-order valence-corrected chi connectivity index (χ1v) is 9.04. The fourth-order valence-corrected chi connectivity index (χ4v) is 3.02. The van der Waals surface area contributed by atoms with Crippen molar-refractivity contribution in [2.45, 2.75) is 38.0 Å². The monoisotopic (exact) mass is 368 g/mol. The Bertz CT molecular complexity index is 780. The number of nitrogens with one attached hydrogen (secondary N) is 2. The quantitative estimate of drug-likeness (QED) is 0.723. The second-order valence-corrected chi connectivity index (χ2v) is 6.60. The van der Waals surface area contributed by atoms with Crippen LogP contribution in [0.4, 0.5) is 5.69 Å². The highest BCUT2D eigenvalue weighted by Gasteiger charge is 2.30. The molecule has 1 aliphatic heterocycles. The maximum absolute atomic E-state index is 12.3. The van der Waals surface area contributed by atoms with Crippen LogP contribution in [0.5, 0.6) is 0 Å². The average molecular weight is 368 g/mol. The van der Waals surface area contributed by atoms with Crippen LogP contribution in [0.25, 0.3) is 0 Å². The molecule has 27 heavy (non-hydrogen) atoms. The van der Waals surface area contributed by atoms with E-state index in [9.17, 15) is 9.59 Å². The molecule has 2 aromatic rings. The molecular formula is C20H24N4O3. The van der Waals surface area contributed by atoms with E-state index in [1.165, 1.54) is 0 Å². The Labute approximate surface area is 158 Å². The third-order valence-electron chi connectivity index (χ3n) is 4.63. The van der Waals surface area contributed by atoms with E-state index in [2.05, 4.69) is 15.6 Å². The molecule has 1 aromatic carbocycles. The van der Waals surface area contributed by atoms with Crippen molar-refractivity contribution in [3.05, 3.63) is 59.9 Å². The number of nitrogens with two attached hydrogens (primary N) is 1. The standard InChI is InChI=1S/C20H24N4O3/c1-13(23-20(26)18-7-6-17(12-21)27-18)14-2-4-16(5-3-14)24-19(25)15-8-10-22-11-9-15/h2-5,8-11,13,17-18H,6-7,12,21H2,1H3,(H,23,26)(H,24,25)/t13?,17-,18+/m1/s1. The fraction of sp³-hybridized carbons (Fsp3) is 0.350. The molecule has 1 saturated heterocycles. The number of aromatic nitrogens is 1. The summed E-state index contributed by atoms with van der Waals surface area (Å²) in [7, 11) is 0. The number of carbonyl (C=O) groups excluding carboxylic acids is 2. The van der Waals surface area contributed by atoms with Crippen LogP contribution in [0.15, 0.2) is 48.8 Å². The second kappa shape index (κ2) is 8.75. The molecule has 0 spiro atoms. The van der Waals surface area contributed by atoms with Gasteiger partial charge >= 0.3 is 0 Å². The lowest BCUT2D eigenvalue weighted by atomic mass is 10.1. The van der Waals surface area contributed by atoms with Crippen LogP contribution >= 0.6 is 0 Å². The Morgan fingerprint density at radius 1 is 1.19 bits per heavy atom. The van der Waals surface area contributed by atoms with Crippen LogP contribution in [0.3, 0.4) is 0 Å². The zero-order valence-electron chi connectivity index (χ0n) is 15.2. The Balaban J connectivity index is 1.55. The number of hydrogen-bond donors (Lipinski definition) is 3. The number of nitrogens with zero attached hydrogens (tertiary/aromatic N) is 1. The molecule has 0 saturated carbocycles. The fourth-order valence-electron chi connectivity index (χ4n) is 3.02. The smallest absolute Gasteiger partial charge is 0.255 e. The minimum atomic E-state index is -0.431. The average Bonchev–Trinajstić information content (AvgIpc) is 3.18. The van der Waals surface area contributed by atoms with E-state index in [1.807, 2.05) is 31.2 Å². The van der Waals surface area contributed by atoms with Gasteiger partial charge in [0.05, 0.1) is 12.1 Å². The Hall–Kier alpha value is -2.77. The second-order valence-electron chi connectivity index (χ2n) is 6.60. The molecule has 2 amide bonds. The highest BCUT2D eigenvalue weighted by molar-refractivity contribution is 6.04. The molecule has 2 heterocycles. The van der Waals surface area contributed by atoms with Crippen molar-refractivity contribution in [3.63, 3.8) is 0 Å². The molecule has 1 unspecified atom stereocenters. The number of hydrogen-bond acceptors (Lipinski definition) is 5. The van der Waals surface area contributed by atoms with E-state index in [0.29, 0.717) is 24.2 Å². The molecule has 0 bridgehead atoms. The predicted octanol–water partition coefficient (Wildman–Crippen LogP) is 2.02. The lowest BCUT2D eigenvalue weighted by Gasteiger charge is -2.18. The summed E-state index contributed by atoms with van der Waals surface area (Å²) in [5.74, 6) is -0.312. The maximum Gasteiger partial charge on any atom is 0.255 e. The van der Waals surface area contributed by atoms with Crippen molar-refractivity contribution in [2.75, 3.05) is 11.9 Å². The molecule has 3 rings (SSSR count). The highest BCUT2D eigenvalue weighted by atomic mass is 16.5. The number of carbonyl (C=O) groups is 2. The van der Waals surface area contributed by atoms with E-state index in [1.54, 1.807) is 24.5 Å². The summed E-state index contributed by atoms with van der Waals surface area (Å²) in [5, 5.41) is 5.81. The Morgan fingerprint density at radius 2 is 1.89 bits per heavy atom. The molecule has 0 radical (unpaired) electrons. The summed E-state index contributed by atoms with van der Waals surface area (Å²) in [4.78, 5) is 28.4. The van der Waals surface area contributed by atoms with Crippen LogP contribution in [0, 0.1) is 0 Å². The first-order valence-electron chi connectivity index (χ1n) is 9.04. The van der Waals surface area contributed by atoms with Crippen molar-refractivity contribution in [1.29, 1.82) is 0 Å². The van der Waals surface area contributed by atoms with Crippen LogP contribution < -0.4 is 16.4 Å². The number of ether oxygens (including phenoxy) is 1. The van der Waals surface area contributed by atoms with Gasteiger partial charge in [0.15, 0.2) is 0 Å². The van der Waals surface area contributed by atoms with Gasteiger partial charge in [-0.25, -0.2) is 0 Å². The molecule has 7 heteroatoms. The van der Waals surface area contributed by atoms with Crippen molar-refractivity contribution < 1.29 is 14.3 Å². The Morgan fingerprint density at radius 3 is 2.52 bits per heavy atom. The van der Waals surface area contributed by atoms with Crippen LogP contribution in [0.1, 0.15) is 41.7 Å². The molecule has 142 valence electrons. The molecule has 4 N–H and O–H groups in total. The number of anilines is 1. The summed E-state index contributed by atoms with van der Waals surface area (Å²) in [6.45, 7) is 2.35. The van der Waals surface area contributed by atoms with E-state index in [0.717, 1.165) is 12.0 Å². The molecule has 3 atom stereocenters. The minimum absolute atomic E-state index is 0.0284. The van der Waals surface area contributed by atoms with Gasteiger partial charge in [0.2, 0.25) is 5.91 Å². The normalized spacial score (nSPS) is 20.1. The lowest BCUT2D eigenvalue weighted by Crippen LogP contribution is -2.37. The van der Waals surface area contributed by atoms with Gasteiger partial charge in [-0.2, -0.15) is 0 Å². The summed E-state index contributed by atoms with van der Waals surface area (Å²) in [5.41, 5.74) is 7.76. The third-order valence-corrected chi connectivity index (χ3v) is 4.63. The number of pyridine rings is 1. The van der Waals surface area contributed by atoms with Gasteiger partial charge in [-0.3, -0.25) is 14.6 Å². The van der Waals surface area contributed by atoms with Gasteiger partial charge in [0.25, 0.3) is 5.91 Å². The molecule has 0 aliphatic carbocycles. The Kier molecular flexibility index (Phi) is 6.16. The van der Waals surface area contributed by atoms with Crippen molar-refractivity contribution in [3.8, 4) is 0 Å². The van der Waals surface area contributed by atoms with E-state index in [4.69, 9.17) is 10.5 Å². The summed E-state index contributed by atoms with van der Waals surface area (Å²) in [6.07, 6.45) is 4.20. The minimum Gasteiger partial charge on any atom is -0.364 e. The SMILES string of the molecule is CC(NC(=O)[C@@H]1CC[C@H](CN)O1)c1ccc(NC(=O)c2ccncc2)cc1. The maximum atomic E-state index is 12.3. The molecule has 1 aliphatic rings. The first-order chi connectivity index (χ1) is 13.1. The van der Waals surface area contributed by atoms with Crippen LogP contribution in [0.2, 0.25) is 0 Å². The summed E-state index contributed by atoms with van der Waals surface area (Å²) >= 11 is 0. The molecule has 7 nitrogen and oxygen atoms in total. The largest absolute Gasteiger partial charge is 0.364 e. The highest BCUT2D eigenvalue weighted by Crippen LogP contribution is 2.21. The van der Waals surface area contributed by atoms with Gasteiger partial charge in [0, 0.05) is 30.2 Å². The van der Waals surface area contributed by atoms with Crippen LogP contribution in [-0.2, 0) is 9.53 Å². The number of benzene rings is 1. The van der Waals surface area contributed by atoms with Crippen LogP contribution in [-0.4, -0.2) is 35.6 Å². The summed E-state index contributed by atoms with van der Waals surface area (Å²) in [6, 6.07) is 10.5. The van der Waals surface area contributed by atoms with Crippen molar-refractivity contribution >= 4 is 17.5 Å². The summed E-state index contributed by atoms with van der Waals surface area (Å²) < 4.78 is 5.63. The van der Waals surface area contributed by atoms with Crippen molar-refractivity contribution in [1.82, 2.24) is 10.3 Å². The predicted molar refractivity (Wildman–Crippen MR) is 102 cm³/mol. The van der Waals surface area contributed by atoms with Gasteiger partial charge in [-0.1, -0.05) is 12.1 Å². The zero-order chi connectivity index (χ0) is 19.2. The lowest BCUT2D eigenvalue weighted by molar-refractivity contribution is -0.132. The zero-order valence-corrected chi connectivity index (χ0v) is 15.2. The first kappa shape index (κ1) is 19.0. The van der Waals surface area contributed by atoms with E-state index < -0.39 is 6.10 Å². The number of amides is 2. The third kappa shape index (κ3) is 4.90. The molecule has 1 aromatic heterocycles. The van der Waals surface area contributed by atoms with E-state index >= 15 is 0 Å². The van der Waals surface area contributed by atoms with Gasteiger partial charge in [-0.05, 0) is 49.6 Å².